The van der Waals surface area contributed by atoms with Gasteiger partial charge in [-0.25, -0.2) is 0 Å². The van der Waals surface area contributed by atoms with Crippen LogP contribution in [0.15, 0.2) is 43.1 Å². The van der Waals surface area contributed by atoms with E-state index in [0.29, 0.717) is 26.1 Å². The van der Waals surface area contributed by atoms with Crippen molar-refractivity contribution in [1.82, 2.24) is 24.2 Å². The standard InChI is InChI=1S/C16H18ClN5O/c1-20(8-9-21-11-18-19-12-21)16(23)5-7-22-6-4-13-10-14(17)2-3-15(13)22/h2-4,6,10-12H,5,7-9H2,1H3. The van der Waals surface area contributed by atoms with Gasteiger partial charge in [0.1, 0.15) is 12.7 Å². The second kappa shape index (κ2) is 6.83. The molecule has 2 heterocycles. The maximum absolute atomic E-state index is 12.2. The summed E-state index contributed by atoms with van der Waals surface area (Å²) >= 11 is 5.99. The molecule has 0 radical (unpaired) electrons. The molecule has 7 heteroatoms. The zero-order valence-electron chi connectivity index (χ0n) is 12.9. The molecular weight excluding hydrogens is 314 g/mol. The molecule has 0 aliphatic rings. The Labute approximate surface area is 139 Å². The van der Waals surface area contributed by atoms with Crippen LogP contribution in [0.3, 0.4) is 0 Å². The molecule has 0 fully saturated rings. The zero-order chi connectivity index (χ0) is 16.2. The number of carbonyl (C=O) groups excluding carboxylic acids is 1. The van der Waals surface area contributed by atoms with E-state index in [0.717, 1.165) is 15.9 Å². The van der Waals surface area contributed by atoms with Gasteiger partial charge in [0.15, 0.2) is 0 Å². The number of aromatic nitrogens is 4. The quantitative estimate of drug-likeness (QED) is 0.697. The van der Waals surface area contributed by atoms with Gasteiger partial charge in [-0.2, -0.15) is 0 Å². The van der Waals surface area contributed by atoms with Crippen molar-refractivity contribution in [2.45, 2.75) is 19.5 Å². The lowest BCUT2D eigenvalue weighted by atomic mass is 10.2. The summed E-state index contributed by atoms with van der Waals surface area (Å²) in [5, 5.41) is 9.30. The highest BCUT2D eigenvalue weighted by Gasteiger charge is 2.10. The Balaban J connectivity index is 1.55. The number of fused-ring (bicyclic) bond motifs is 1. The summed E-state index contributed by atoms with van der Waals surface area (Å²) in [7, 11) is 1.82. The topological polar surface area (TPSA) is 56.0 Å². The van der Waals surface area contributed by atoms with E-state index in [1.165, 1.54) is 0 Å². The van der Waals surface area contributed by atoms with Crippen molar-refractivity contribution in [2.24, 2.45) is 0 Å². The molecule has 0 atom stereocenters. The number of benzene rings is 1. The molecule has 0 aliphatic heterocycles. The van der Waals surface area contributed by atoms with Gasteiger partial charge in [-0.1, -0.05) is 11.6 Å². The molecule has 6 nitrogen and oxygen atoms in total. The lowest BCUT2D eigenvalue weighted by molar-refractivity contribution is -0.130. The van der Waals surface area contributed by atoms with E-state index in [-0.39, 0.29) is 5.91 Å². The smallest absolute Gasteiger partial charge is 0.224 e. The Kier molecular flexibility index (Phi) is 4.62. The number of carbonyl (C=O) groups is 1. The minimum Gasteiger partial charge on any atom is -0.347 e. The minimum atomic E-state index is 0.119. The van der Waals surface area contributed by atoms with Crippen LogP contribution in [0.5, 0.6) is 0 Å². The number of nitrogens with zero attached hydrogens (tertiary/aromatic N) is 5. The van der Waals surface area contributed by atoms with Crippen molar-refractivity contribution in [3.63, 3.8) is 0 Å². The lowest BCUT2D eigenvalue weighted by Gasteiger charge is -2.17. The van der Waals surface area contributed by atoms with Gasteiger partial charge in [0.25, 0.3) is 0 Å². The maximum Gasteiger partial charge on any atom is 0.224 e. The fourth-order valence-electron chi connectivity index (χ4n) is 2.50. The van der Waals surface area contributed by atoms with Crippen LogP contribution in [-0.2, 0) is 17.9 Å². The number of hydrogen-bond donors (Lipinski definition) is 0. The van der Waals surface area contributed by atoms with Crippen molar-refractivity contribution < 1.29 is 4.79 Å². The van der Waals surface area contributed by atoms with E-state index in [1.54, 1.807) is 17.6 Å². The molecule has 0 bridgehead atoms. The first-order chi connectivity index (χ1) is 11.1. The highest BCUT2D eigenvalue weighted by atomic mass is 35.5. The minimum absolute atomic E-state index is 0.119. The van der Waals surface area contributed by atoms with Crippen molar-refractivity contribution in [3.8, 4) is 0 Å². The van der Waals surface area contributed by atoms with E-state index < -0.39 is 0 Å². The second-order valence-electron chi connectivity index (χ2n) is 5.48. The molecule has 0 saturated heterocycles. The van der Waals surface area contributed by atoms with E-state index in [1.807, 2.05) is 42.1 Å². The monoisotopic (exact) mass is 331 g/mol. The first kappa shape index (κ1) is 15.6. The number of likely N-dealkylation sites (N-methyl/N-ethyl adjacent to an activating group) is 1. The predicted molar refractivity (Wildman–Crippen MR) is 89.2 cm³/mol. The Morgan fingerprint density at radius 3 is 2.78 bits per heavy atom. The van der Waals surface area contributed by atoms with Crippen molar-refractivity contribution in [2.75, 3.05) is 13.6 Å². The molecule has 0 spiro atoms. The highest BCUT2D eigenvalue weighted by Crippen LogP contribution is 2.20. The number of aryl methyl sites for hydroxylation is 1. The Bertz CT molecular complexity index is 796. The average Bonchev–Trinajstić information content (AvgIpc) is 3.19. The second-order valence-corrected chi connectivity index (χ2v) is 5.91. The molecule has 120 valence electrons. The molecule has 0 unspecified atom stereocenters. The molecule has 3 rings (SSSR count). The highest BCUT2D eigenvalue weighted by molar-refractivity contribution is 6.31. The summed E-state index contributed by atoms with van der Waals surface area (Å²) in [5.41, 5.74) is 1.09. The van der Waals surface area contributed by atoms with E-state index in [9.17, 15) is 4.79 Å². The fourth-order valence-corrected chi connectivity index (χ4v) is 2.68. The molecular formula is C16H18ClN5O. The third-order valence-corrected chi connectivity index (χ3v) is 4.12. The number of amides is 1. The van der Waals surface area contributed by atoms with Gasteiger partial charge < -0.3 is 14.0 Å². The van der Waals surface area contributed by atoms with Crippen LogP contribution in [0.1, 0.15) is 6.42 Å². The van der Waals surface area contributed by atoms with E-state index in [2.05, 4.69) is 14.8 Å². The van der Waals surface area contributed by atoms with Crippen molar-refractivity contribution in [1.29, 1.82) is 0 Å². The Morgan fingerprint density at radius 2 is 2.00 bits per heavy atom. The lowest BCUT2D eigenvalue weighted by Crippen LogP contribution is -2.30. The largest absolute Gasteiger partial charge is 0.347 e. The van der Waals surface area contributed by atoms with Gasteiger partial charge in [0.2, 0.25) is 5.91 Å². The normalized spacial score (nSPS) is 11.0. The summed E-state index contributed by atoms with van der Waals surface area (Å²) in [6.45, 7) is 1.99. The molecule has 1 amide bonds. The van der Waals surface area contributed by atoms with Crippen LogP contribution in [0.2, 0.25) is 5.02 Å². The predicted octanol–water partition coefficient (Wildman–Crippen LogP) is 2.43. The first-order valence-electron chi connectivity index (χ1n) is 7.44. The first-order valence-corrected chi connectivity index (χ1v) is 7.82. The van der Waals surface area contributed by atoms with Crippen molar-refractivity contribution >= 4 is 28.4 Å². The van der Waals surface area contributed by atoms with Crippen LogP contribution in [0, 0.1) is 0 Å². The van der Waals surface area contributed by atoms with Crippen LogP contribution < -0.4 is 0 Å². The van der Waals surface area contributed by atoms with E-state index >= 15 is 0 Å². The summed E-state index contributed by atoms with van der Waals surface area (Å²) in [6.07, 6.45) is 5.75. The molecule has 3 aromatic rings. The number of halogens is 1. The van der Waals surface area contributed by atoms with Gasteiger partial charge in [0, 0.05) is 55.2 Å². The Morgan fingerprint density at radius 1 is 1.22 bits per heavy atom. The van der Waals surface area contributed by atoms with Gasteiger partial charge in [0.05, 0.1) is 0 Å². The summed E-state index contributed by atoms with van der Waals surface area (Å²) < 4.78 is 3.93. The van der Waals surface area contributed by atoms with Crippen LogP contribution in [0.25, 0.3) is 10.9 Å². The third kappa shape index (κ3) is 3.71. The molecule has 0 aliphatic carbocycles. The SMILES string of the molecule is CN(CCn1cnnc1)C(=O)CCn1ccc2cc(Cl)ccc21. The maximum atomic E-state index is 12.2. The summed E-state index contributed by atoms with van der Waals surface area (Å²) in [6, 6.07) is 7.80. The van der Waals surface area contributed by atoms with Crippen LogP contribution in [0.4, 0.5) is 0 Å². The number of hydrogen-bond acceptors (Lipinski definition) is 3. The Hall–Kier alpha value is -2.34. The molecule has 1 aromatic carbocycles. The van der Waals surface area contributed by atoms with Crippen LogP contribution in [-0.4, -0.2) is 43.7 Å². The van der Waals surface area contributed by atoms with Crippen molar-refractivity contribution in [3.05, 3.63) is 48.1 Å². The molecule has 0 N–H and O–H groups in total. The summed E-state index contributed by atoms with van der Waals surface area (Å²) in [5.74, 6) is 0.119. The van der Waals surface area contributed by atoms with Gasteiger partial charge in [-0.05, 0) is 24.3 Å². The zero-order valence-corrected chi connectivity index (χ0v) is 13.6. The van der Waals surface area contributed by atoms with Crippen LogP contribution >= 0.6 is 11.6 Å². The number of rotatable bonds is 6. The molecule has 23 heavy (non-hydrogen) atoms. The molecule has 2 aromatic heterocycles. The average molecular weight is 332 g/mol. The summed E-state index contributed by atoms with van der Waals surface area (Å²) in [4.78, 5) is 14.0. The van der Waals surface area contributed by atoms with Gasteiger partial charge >= 0.3 is 0 Å². The van der Waals surface area contributed by atoms with E-state index in [4.69, 9.17) is 11.6 Å². The third-order valence-electron chi connectivity index (χ3n) is 3.89. The van der Waals surface area contributed by atoms with Gasteiger partial charge in [-0.15, -0.1) is 10.2 Å². The molecule has 0 saturated carbocycles. The van der Waals surface area contributed by atoms with Gasteiger partial charge in [-0.3, -0.25) is 4.79 Å². The fraction of sp³-hybridized carbons (Fsp3) is 0.312.